The lowest BCUT2D eigenvalue weighted by molar-refractivity contribution is 0.102. The van der Waals surface area contributed by atoms with Crippen molar-refractivity contribution in [2.75, 3.05) is 5.32 Å². The second-order valence-corrected chi connectivity index (χ2v) is 4.99. The Kier molecular flexibility index (Phi) is 3.89. The van der Waals surface area contributed by atoms with Gasteiger partial charge in [0.05, 0.1) is 11.9 Å². The molecular weight excluding hydrogens is 300 g/mol. The summed E-state index contributed by atoms with van der Waals surface area (Å²) in [6.45, 7) is 0. The first kappa shape index (κ1) is 14.9. The van der Waals surface area contributed by atoms with Crippen LogP contribution in [-0.2, 0) is 7.05 Å². The molecule has 4 nitrogen and oxygen atoms in total. The quantitative estimate of drug-likeness (QED) is 0.803. The lowest BCUT2D eigenvalue weighted by Crippen LogP contribution is -2.15. The standard InChI is InChI=1S/C17H13F2N3O/c1-22-15(11-2-6-13(18)7-3-11)10-20-17(22)21-16(23)12-4-8-14(19)9-5-12/h2-10H,1H3,(H,20,21,23). The minimum absolute atomic E-state index is 0.319. The van der Waals surface area contributed by atoms with Crippen LogP contribution in [0.1, 0.15) is 10.4 Å². The summed E-state index contributed by atoms with van der Waals surface area (Å²) in [4.78, 5) is 16.3. The third-order valence-corrected chi connectivity index (χ3v) is 3.46. The number of carbonyl (C=O) groups excluding carboxylic acids is 1. The van der Waals surface area contributed by atoms with E-state index in [4.69, 9.17) is 0 Å². The van der Waals surface area contributed by atoms with Gasteiger partial charge in [0.15, 0.2) is 0 Å². The van der Waals surface area contributed by atoms with E-state index in [0.29, 0.717) is 11.5 Å². The summed E-state index contributed by atoms with van der Waals surface area (Å²) in [5, 5.41) is 2.66. The molecule has 1 N–H and O–H groups in total. The zero-order valence-corrected chi connectivity index (χ0v) is 12.3. The van der Waals surface area contributed by atoms with E-state index >= 15 is 0 Å². The van der Waals surface area contributed by atoms with Crippen LogP contribution >= 0.6 is 0 Å². The van der Waals surface area contributed by atoms with Crippen molar-refractivity contribution in [2.24, 2.45) is 7.05 Å². The number of rotatable bonds is 3. The molecule has 1 heterocycles. The fraction of sp³-hybridized carbons (Fsp3) is 0.0588. The molecule has 2 aromatic carbocycles. The van der Waals surface area contributed by atoms with Crippen LogP contribution < -0.4 is 5.32 Å². The summed E-state index contributed by atoms with van der Waals surface area (Å²) in [6, 6.07) is 11.2. The molecular formula is C17H13F2N3O. The van der Waals surface area contributed by atoms with Gasteiger partial charge in [0.1, 0.15) is 11.6 Å². The zero-order valence-electron chi connectivity index (χ0n) is 12.3. The summed E-state index contributed by atoms with van der Waals surface area (Å²) >= 11 is 0. The van der Waals surface area contributed by atoms with Crippen molar-refractivity contribution in [3.8, 4) is 11.3 Å². The number of aromatic nitrogens is 2. The zero-order chi connectivity index (χ0) is 16.4. The van der Waals surface area contributed by atoms with E-state index in [2.05, 4.69) is 10.3 Å². The Morgan fingerprint density at radius 1 is 1.00 bits per heavy atom. The van der Waals surface area contributed by atoms with E-state index < -0.39 is 5.82 Å². The van der Waals surface area contributed by atoms with Crippen molar-refractivity contribution < 1.29 is 13.6 Å². The molecule has 0 aliphatic heterocycles. The fourth-order valence-electron chi connectivity index (χ4n) is 2.19. The van der Waals surface area contributed by atoms with E-state index in [9.17, 15) is 13.6 Å². The second-order valence-electron chi connectivity index (χ2n) is 4.99. The Morgan fingerprint density at radius 2 is 1.57 bits per heavy atom. The molecule has 6 heteroatoms. The number of benzene rings is 2. The van der Waals surface area contributed by atoms with Crippen LogP contribution in [-0.4, -0.2) is 15.5 Å². The summed E-state index contributed by atoms with van der Waals surface area (Å²) < 4.78 is 27.6. The lowest BCUT2D eigenvalue weighted by Gasteiger charge is -2.07. The average molecular weight is 313 g/mol. The van der Waals surface area contributed by atoms with E-state index in [1.54, 1.807) is 29.9 Å². The number of amides is 1. The number of hydrogen-bond acceptors (Lipinski definition) is 2. The number of nitrogens with one attached hydrogen (secondary N) is 1. The van der Waals surface area contributed by atoms with Gasteiger partial charge >= 0.3 is 0 Å². The Labute approximate surface area is 131 Å². The first-order chi connectivity index (χ1) is 11.0. The molecule has 0 radical (unpaired) electrons. The molecule has 0 bridgehead atoms. The Balaban J connectivity index is 1.83. The van der Waals surface area contributed by atoms with Crippen molar-refractivity contribution in [3.63, 3.8) is 0 Å². The predicted molar refractivity (Wildman–Crippen MR) is 83.0 cm³/mol. The number of hydrogen-bond donors (Lipinski definition) is 1. The van der Waals surface area contributed by atoms with E-state index in [1.807, 2.05) is 0 Å². The highest BCUT2D eigenvalue weighted by Crippen LogP contribution is 2.22. The molecule has 116 valence electrons. The van der Waals surface area contributed by atoms with Crippen LogP contribution in [0.2, 0.25) is 0 Å². The van der Waals surface area contributed by atoms with Crippen LogP contribution in [0.3, 0.4) is 0 Å². The Morgan fingerprint density at radius 3 is 2.17 bits per heavy atom. The van der Waals surface area contributed by atoms with Crippen LogP contribution in [0.15, 0.2) is 54.7 Å². The minimum Gasteiger partial charge on any atom is -0.313 e. The van der Waals surface area contributed by atoms with Gasteiger partial charge in [-0.15, -0.1) is 0 Å². The van der Waals surface area contributed by atoms with Gasteiger partial charge in [-0.2, -0.15) is 0 Å². The first-order valence-electron chi connectivity index (χ1n) is 6.89. The second kappa shape index (κ2) is 6.00. The van der Waals surface area contributed by atoms with Crippen LogP contribution in [0.4, 0.5) is 14.7 Å². The number of halogens is 2. The average Bonchev–Trinajstić information content (AvgIpc) is 2.90. The molecule has 1 amide bonds. The summed E-state index contributed by atoms with van der Waals surface area (Å²) in [7, 11) is 1.74. The van der Waals surface area contributed by atoms with Gasteiger partial charge in [0.25, 0.3) is 5.91 Å². The van der Waals surface area contributed by atoms with Gasteiger partial charge < -0.3 is 4.57 Å². The largest absolute Gasteiger partial charge is 0.313 e. The molecule has 0 spiro atoms. The maximum atomic E-state index is 13.0. The van der Waals surface area contributed by atoms with Gasteiger partial charge in [-0.3, -0.25) is 10.1 Å². The molecule has 0 unspecified atom stereocenters. The molecule has 0 atom stereocenters. The SMILES string of the molecule is Cn1c(-c2ccc(F)cc2)cnc1NC(=O)c1ccc(F)cc1. The normalized spacial score (nSPS) is 10.6. The molecule has 3 aromatic rings. The molecule has 0 saturated carbocycles. The molecule has 0 fully saturated rings. The highest BCUT2D eigenvalue weighted by molar-refractivity contribution is 6.03. The summed E-state index contributed by atoms with van der Waals surface area (Å²) in [6.07, 6.45) is 1.59. The first-order valence-corrected chi connectivity index (χ1v) is 6.89. The number of imidazole rings is 1. The van der Waals surface area contributed by atoms with Crippen molar-refractivity contribution in [3.05, 3.63) is 71.9 Å². The molecule has 0 saturated heterocycles. The van der Waals surface area contributed by atoms with Gasteiger partial charge in [0.2, 0.25) is 5.95 Å². The molecule has 1 aromatic heterocycles. The third-order valence-electron chi connectivity index (χ3n) is 3.46. The van der Waals surface area contributed by atoms with Crippen molar-refractivity contribution in [1.82, 2.24) is 9.55 Å². The molecule has 0 aliphatic carbocycles. The van der Waals surface area contributed by atoms with Crippen LogP contribution in [0.25, 0.3) is 11.3 Å². The smallest absolute Gasteiger partial charge is 0.257 e. The minimum atomic E-state index is -0.405. The van der Waals surface area contributed by atoms with Gasteiger partial charge in [-0.05, 0) is 48.5 Å². The number of nitrogens with zero attached hydrogens (tertiary/aromatic N) is 2. The van der Waals surface area contributed by atoms with Crippen molar-refractivity contribution >= 4 is 11.9 Å². The van der Waals surface area contributed by atoms with Crippen molar-refractivity contribution in [1.29, 1.82) is 0 Å². The fourth-order valence-corrected chi connectivity index (χ4v) is 2.19. The predicted octanol–water partition coefficient (Wildman–Crippen LogP) is 3.62. The van der Waals surface area contributed by atoms with E-state index in [0.717, 1.165) is 11.3 Å². The third kappa shape index (κ3) is 3.11. The highest BCUT2D eigenvalue weighted by Gasteiger charge is 2.12. The summed E-state index contributed by atoms with van der Waals surface area (Å²) in [5.74, 6) is -0.763. The maximum Gasteiger partial charge on any atom is 0.257 e. The Bertz CT molecular complexity index is 839. The van der Waals surface area contributed by atoms with Gasteiger partial charge in [0, 0.05) is 18.2 Å². The molecule has 23 heavy (non-hydrogen) atoms. The molecule has 0 aliphatic rings. The monoisotopic (exact) mass is 313 g/mol. The number of anilines is 1. The summed E-state index contributed by atoms with van der Waals surface area (Å²) in [5.41, 5.74) is 1.85. The Hall–Kier alpha value is -3.02. The van der Waals surface area contributed by atoms with Gasteiger partial charge in [-0.1, -0.05) is 0 Å². The van der Waals surface area contributed by atoms with Crippen molar-refractivity contribution in [2.45, 2.75) is 0 Å². The number of carbonyl (C=O) groups is 1. The lowest BCUT2D eigenvalue weighted by atomic mass is 10.2. The maximum absolute atomic E-state index is 13.0. The highest BCUT2D eigenvalue weighted by atomic mass is 19.1. The topological polar surface area (TPSA) is 46.9 Å². The van der Waals surface area contributed by atoms with Crippen LogP contribution in [0, 0.1) is 11.6 Å². The van der Waals surface area contributed by atoms with Gasteiger partial charge in [-0.25, -0.2) is 13.8 Å². The van der Waals surface area contributed by atoms with E-state index in [1.165, 1.54) is 36.4 Å². The molecule has 3 rings (SSSR count). The van der Waals surface area contributed by atoms with E-state index in [-0.39, 0.29) is 11.7 Å². The van der Waals surface area contributed by atoms with Crippen LogP contribution in [0.5, 0.6) is 0 Å².